The van der Waals surface area contributed by atoms with Crippen molar-refractivity contribution in [3.8, 4) is 5.75 Å². The third-order valence-corrected chi connectivity index (χ3v) is 8.30. The number of piperidine rings is 1. The number of hydrogen-bond acceptors (Lipinski definition) is 3. The molecule has 1 atom stereocenters. The van der Waals surface area contributed by atoms with E-state index in [4.69, 9.17) is 0 Å². The third kappa shape index (κ3) is 4.89. The molecule has 2 aromatic heterocycles. The third-order valence-electron chi connectivity index (χ3n) is 8.30. The molecule has 1 aliphatic heterocycles. The van der Waals surface area contributed by atoms with Gasteiger partial charge in [-0.2, -0.15) is 0 Å². The van der Waals surface area contributed by atoms with Crippen LogP contribution in [0.3, 0.4) is 0 Å². The number of H-pyrrole nitrogens is 1. The topological polar surface area (TPSA) is 90.4 Å². The van der Waals surface area contributed by atoms with Crippen LogP contribution in [0.15, 0.2) is 71.5 Å². The Kier molecular flexibility index (Phi) is 7.41. The number of carbonyl (C=O) groups excluding carboxylic acids is 1. The predicted octanol–water partition coefficient (Wildman–Crippen LogP) is 5.92. The molecule has 6 rings (SSSR count). The summed E-state index contributed by atoms with van der Waals surface area (Å²) in [6.07, 6.45) is 3.43. The summed E-state index contributed by atoms with van der Waals surface area (Å²) in [7, 11) is 1.59. The number of aromatic nitrogens is 2. The van der Waals surface area contributed by atoms with Gasteiger partial charge in [-0.15, -0.1) is 0 Å². The lowest BCUT2D eigenvalue weighted by molar-refractivity contribution is 0.186. The van der Waals surface area contributed by atoms with Crippen LogP contribution in [0.1, 0.15) is 47.6 Å². The number of aromatic amines is 1. The lowest BCUT2D eigenvalue weighted by Crippen LogP contribution is -2.43. The number of benzene rings is 3. The number of halogens is 2. The Bertz CT molecular complexity index is 1860. The second-order valence-corrected chi connectivity index (χ2v) is 10.8. The molecule has 1 saturated heterocycles. The second kappa shape index (κ2) is 11.3. The first-order chi connectivity index (χ1) is 20.3. The van der Waals surface area contributed by atoms with Gasteiger partial charge < -0.3 is 24.9 Å². The molecule has 2 amide bonds. The zero-order valence-corrected chi connectivity index (χ0v) is 23.3. The molecule has 42 heavy (non-hydrogen) atoms. The van der Waals surface area contributed by atoms with Gasteiger partial charge >= 0.3 is 6.03 Å². The van der Waals surface area contributed by atoms with Gasteiger partial charge in [-0.05, 0) is 67.6 Å². The standard InChI is InChI=1S/C33H32F2N4O3/c1-38-27-12-6-4-10-23(27)31(40)29(32(38)41)28(24-19-20(34)13-14-25(24)35)30-22(21-9-3-5-11-26(21)37-30)15-16-36-33(42)39-17-7-2-8-18-39/h3-6,9-14,19,28,37,40H,2,7-8,15-18H2,1H3,(H,36,42). The first-order valence-corrected chi connectivity index (χ1v) is 14.2. The number of aryl methyl sites for hydroxylation is 1. The maximum atomic E-state index is 15.6. The largest absolute Gasteiger partial charge is 0.507 e. The molecule has 1 unspecified atom stereocenters. The summed E-state index contributed by atoms with van der Waals surface area (Å²) in [5, 5.41) is 15.8. The molecule has 0 spiro atoms. The Balaban J connectivity index is 1.52. The number of urea groups is 1. The molecule has 0 saturated carbocycles. The highest BCUT2D eigenvalue weighted by molar-refractivity contribution is 5.88. The van der Waals surface area contributed by atoms with Crippen molar-refractivity contribution in [2.75, 3.05) is 19.6 Å². The van der Waals surface area contributed by atoms with Crippen molar-refractivity contribution in [2.45, 2.75) is 31.6 Å². The molecule has 1 fully saturated rings. The Morgan fingerprint density at radius 2 is 1.71 bits per heavy atom. The van der Waals surface area contributed by atoms with Gasteiger partial charge in [0.1, 0.15) is 17.4 Å². The molecule has 1 aliphatic rings. The van der Waals surface area contributed by atoms with Gasteiger partial charge in [0.05, 0.1) is 17.0 Å². The Hall–Kier alpha value is -4.66. The predicted molar refractivity (Wildman–Crippen MR) is 159 cm³/mol. The van der Waals surface area contributed by atoms with Gasteiger partial charge in [0.15, 0.2) is 0 Å². The summed E-state index contributed by atoms with van der Waals surface area (Å²) in [4.78, 5) is 31.9. The van der Waals surface area contributed by atoms with E-state index >= 15 is 4.39 Å². The van der Waals surface area contributed by atoms with E-state index in [0.29, 0.717) is 29.6 Å². The minimum Gasteiger partial charge on any atom is -0.507 e. The molecule has 216 valence electrons. The lowest BCUT2D eigenvalue weighted by Gasteiger charge is -2.27. The van der Waals surface area contributed by atoms with Crippen LogP contribution in [0.5, 0.6) is 5.75 Å². The number of nitrogens with one attached hydrogen (secondary N) is 2. The number of aromatic hydroxyl groups is 1. The quantitative estimate of drug-likeness (QED) is 0.237. The molecule has 0 aliphatic carbocycles. The second-order valence-electron chi connectivity index (χ2n) is 10.8. The summed E-state index contributed by atoms with van der Waals surface area (Å²) in [5.41, 5.74) is 1.78. The fraction of sp³-hybridized carbons (Fsp3) is 0.273. The van der Waals surface area contributed by atoms with Gasteiger partial charge in [0.25, 0.3) is 5.56 Å². The van der Waals surface area contributed by atoms with E-state index in [0.717, 1.165) is 67.0 Å². The summed E-state index contributed by atoms with van der Waals surface area (Å²) in [6.45, 7) is 1.73. The molecule has 9 heteroatoms. The van der Waals surface area contributed by atoms with Crippen LogP contribution >= 0.6 is 0 Å². The lowest BCUT2D eigenvalue weighted by atomic mass is 9.84. The zero-order chi connectivity index (χ0) is 29.4. The number of amides is 2. The van der Waals surface area contributed by atoms with Crippen LogP contribution in [-0.2, 0) is 13.5 Å². The van der Waals surface area contributed by atoms with Crippen LogP contribution < -0.4 is 10.9 Å². The summed E-state index contributed by atoms with van der Waals surface area (Å²) in [5.74, 6) is -2.83. The van der Waals surface area contributed by atoms with Crippen molar-refractivity contribution in [1.82, 2.24) is 19.8 Å². The fourth-order valence-electron chi connectivity index (χ4n) is 6.19. The van der Waals surface area contributed by atoms with Crippen molar-refractivity contribution in [3.05, 3.63) is 111 Å². The van der Waals surface area contributed by atoms with E-state index in [2.05, 4.69) is 10.3 Å². The van der Waals surface area contributed by atoms with Crippen LogP contribution in [0.4, 0.5) is 13.6 Å². The van der Waals surface area contributed by atoms with Gasteiger partial charge in [0, 0.05) is 54.2 Å². The smallest absolute Gasteiger partial charge is 0.317 e. The number of rotatable bonds is 6. The molecule has 3 N–H and O–H groups in total. The zero-order valence-electron chi connectivity index (χ0n) is 23.3. The van der Waals surface area contributed by atoms with Gasteiger partial charge in [-0.3, -0.25) is 4.79 Å². The molecule has 7 nitrogen and oxygen atoms in total. The van der Waals surface area contributed by atoms with Crippen LogP contribution in [-0.4, -0.2) is 45.2 Å². The SMILES string of the molecule is Cn1c(=O)c(C(c2cc(F)ccc2F)c2[nH]c3ccccc3c2CCNC(=O)N2CCCCC2)c(O)c2ccccc21. The molecular weight excluding hydrogens is 538 g/mol. The molecule has 3 aromatic carbocycles. The van der Waals surface area contributed by atoms with Crippen molar-refractivity contribution in [1.29, 1.82) is 0 Å². The van der Waals surface area contributed by atoms with E-state index in [-0.39, 0.29) is 22.9 Å². The molecule has 5 aromatic rings. The Morgan fingerprint density at radius 3 is 2.50 bits per heavy atom. The number of para-hydroxylation sites is 2. The summed E-state index contributed by atoms with van der Waals surface area (Å²) in [6, 6.07) is 17.4. The van der Waals surface area contributed by atoms with Crippen LogP contribution in [0, 0.1) is 11.6 Å². The van der Waals surface area contributed by atoms with E-state index in [1.807, 2.05) is 24.3 Å². The fourth-order valence-corrected chi connectivity index (χ4v) is 6.19. The summed E-state index contributed by atoms with van der Waals surface area (Å²) >= 11 is 0. The maximum Gasteiger partial charge on any atom is 0.317 e. The first kappa shape index (κ1) is 27.5. The number of likely N-dealkylation sites (tertiary alicyclic amines) is 1. The van der Waals surface area contributed by atoms with Crippen LogP contribution in [0.25, 0.3) is 21.8 Å². The Morgan fingerprint density at radius 1 is 1.00 bits per heavy atom. The van der Waals surface area contributed by atoms with E-state index < -0.39 is 23.1 Å². The number of pyridine rings is 1. The number of nitrogens with zero attached hydrogens (tertiary/aromatic N) is 2. The number of hydrogen-bond donors (Lipinski definition) is 3. The van der Waals surface area contributed by atoms with Gasteiger partial charge in [0.2, 0.25) is 0 Å². The molecule has 0 radical (unpaired) electrons. The molecule has 0 bridgehead atoms. The highest BCUT2D eigenvalue weighted by atomic mass is 19.1. The molecule has 3 heterocycles. The van der Waals surface area contributed by atoms with E-state index in [1.54, 1.807) is 36.2 Å². The highest BCUT2D eigenvalue weighted by Gasteiger charge is 2.32. The van der Waals surface area contributed by atoms with Crippen molar-refractivity contribution in [2.24, 2.45) is 7.05 Å². The van der Waals surface area contributed by atoms with Crippen molar-refractivity contribution < 1.29 is 18.7 Å². The van der Waals surface area contributed by atoms with E-state index in [1.165, 1.54) is 4.57 Å². The number of carbonyl (C=O) groups is 1. The van der Waals surface area contributed by atoms with Crippen LogP contribution in [0.2, 0.25) is 0 Å². The monoisotopic (exact) mass is 570 g/mol. The first-order valence-electron chi connectivity index (χ1n) is 14.2. The average Bonchev–Trinajstić information content (AvgIpc) is 3.38. The maximum absolute atomic E-state index is 15.6. The van der Waals surface area contributed by atoms with E-state index in [9.17, 15) is 19.1 Å². The number of fused-ring (bicyclic) bond motifs is 2. The van der Waals surface area contributed by atoms with Gasteiger partial charge in [-0.25, -0.2) is 13.6 Å². The normalized spacial score (nSPS) is 14.4. The minimum atomic E-state index is -1.16. The van der Waals surface area contributed by atoms with Gasteiger partial charge in [-0.1, -0.05) is 30.3 Å². The van der Waals surface area contributed by atoms with Crippen molar-refractivity contribution >= 4 is 27.8 Å². The minimum absolute atomic E-state index is 0.0640. The van der Waals surface area contributed by atoms with Crippen molar-refractivity contribution in [3.63, 3.8) is 0 Å². The average molecular weight is 571 g/mol. The Labute approximate surface area is 241 Å². The molecular formula is C33H32F2N4O3. The highest BCUT2D eigenvalue weighted by Crippen LogP contribution is 2.42. The summed E-state index contributed by atoms with van der Waals surface area (Å²) < 4.78 is 31.7.